The number of nitrogens with one attached hydrogen (secondary N) is 3. The summed E-state index contributed by atoms with van der Waals surface area (Å²) in [6.07, 6.45) is 2.40. The van der Waals surface area contributed by atoms with E-state index in [0.29, 0.717) is 36.0 Å². The number of carbonyl (C=O) groups is 1. The van der Waals surface area contributed by atoms with Crippen LogP contribution in [0, 0.1) is 0 Å². The van der Waals surface area contributed by atoms with Crippen LogP contribution in [0.1, 0.15) is 17.3 Å². The summed E-state index contributed by atoms with van der Waals surface area (Å²) in [6, 6.07) is 12.4. The van der Waals surface area contributed by atoms with Gasteiger partial charge in [-0.3, -0.25) is 4.72 Å². The number of nitrogens with zero attached hydrogens (tertiary/aromatic N) is 3. The molecule has 13 heteroatoms. The summed E-state index contributed by atoms with van der Waals surface area (Å²) < 4.78 is 42.3. The molecule has 1 aliphatic rings. The molecule has 1 aromatic heterocycles. The van der Waals surface area contributed by atoms with Crippen molar-refractivity contribution in [1.82, 2.24) is 9.97 Å². The molecule has 1 aliphatic heterocycles. The molecule has 2 heterocycles. The molecule has 0 saturated carbocycles. The van der Waals surface area contributed by atoms with Gasteiger partial charge in [0, 0.05) is 31.0 Å². The Labute approximate surface area is 221 Å². The molecule has 38 heavy (non-hydrogen) atoms. The highest BCUT2D eigenvalue weighted by Gasteiger charge is 2.19. The SMILES string of the molecule is CCOC(=O)c1cnc(Nc2ccc(N3CCOCC3)cc2OC)nc1Nc1ccccc1NS(C)(=O)=O. The van der Waals surface area contributed by atoms with Crippen LogP contribution < -0.4 is 25.0 Å². The zero-order chi connectivity index (χ0) is 27.1. The Morgan fingerprint density at radius 2 is 1.82 bits per heavy atom. The van der Waals surface area contributed by atoms with Crippen molar-refractivity contribution in [3.05, 3.63) is 54.2 Å². The van der Waals surface area contributed by atoms with E-state index >= 15 is 0 Å². The van der Waals surface area contributed by atoms with Crippen molar-refractivity contribution < 1.29 is 27.4 Å². The first-order valence-corrected chi connectivity index (χ1v) is 13.8. The number of hydrogen-bond acceptors (Lipinski definition) is 11. The predicted octanol–water partition coefficient (Wildman–Crippen LogP) is 3.36. The molecule has 12 nitrogen and oxygen atoms in total. The van der Waals surface area contributed by atoms with E-state index in [1.807, 2.05) is 18.2 Å². The second-order valence-electron chi connectivity index (χ2n) is 8.33. The van der Waals surface area contributed by atoms with Gasteiger partial charge in [0.25, 0.3) is 0 Å². The number of rotatable bonds is 10. The minimum Gasteiger partial charge on any atom is -0.494 e. The highest BCUT2D eigenvalue weighted by Crippen LogP contribution is 2.33. The normalized spacial score (nSPS) is 13.5. The van der Waals surface area contributed by atoms with Crippen LogP contribution in [0.25, 0.3) is 0 Å². The van der Waals surface area contributed by atoms with Crippen LogP contribution in [-0.4, -0.2) is 70.6 Å². The summed E-state index contributed by atoms with van der Waals surface area (Å²) in [5, 5.41) is 6.18. The topological polar surface area (TPSA) is 144 Å². The van der Waals surface area contributed by atoms with Crippen LogP contribution in [0.4, 0.5) is 34.5 Å². The van der Waals surface area contributed by atoms with Crippen LogP contribution >= 0.6 is 0 Å². The first-order chi connectivity index (χ1) is 18.3. The maximum absolute atomic E-state index is 12.6. The summed E-state index contributed by atoms with van der Waals surface area (Å²) >= 11 is 0. The van der Waals surface area contributed by atoms with Crippen molar-refractivity contribution in [2.24, 2.45) is 0 Å². The van der Waals surface area contributed by atoms with E-state index in [-0.39, 0.29) is 23.9 Å². The lowest BCUT2D eigenvalue weighted by molar-refractivity contribution is 0.0526. The minimum absolute atomic E-state index is 0.0844. The molecular weight excluding hydrogens is 512 g/mol. The third-order valence-electron chi connectivity index (χ3n) is 5.57. The molecule has 0 spiro atoms. The lowest BCUT2D eigenvalue weighted by Crippen LogP contribution is -2.36. The van der Waals surface area contributed by atoms with Gasteiger partial charge in [0.05, 0.1) is 50.2 Å². The third kappa shape index (κ3) is 6.81. The van der Waals surface area contributed by atoms with E-state index in [4.69, 9.17) is 14.2 Å². The monoisotopic (exact) mass is 542 g/mol. The van der Waals surface area contributed by atoms with E-state index in [0.717, 1.165) is 25.0 Å². The number of sulfonamides is 1. The lowest BCUT2D eigenvalue weighted by Gasteiger charge is -2.29. The highest BCUT2D eigenvalue weighted by molar-refractivity contribution is 7.92. The molecule has 202 valence electrons. The highest BCUT2D eigenvalue weighted by atomic mass is 32.2. The maximum atomic E-state index is 12.6. The van der Waals surface area contributed by atoms with Gasteiger partial charge in [-0.05, 0) is 31.2 Å². The van der Waals surface area contributed by atoms with Crippen molar-refractivity contribution in [3.63, 3.8) is 0 Å². The summed E-state index contributed by atoms with van der Waals surface area (Å²) in [5.41, 5.74) is 2.39. The fourth-order valence-electron chi connectivity index (χ4n) is 3.83. The summed E-state index contributed by atoms with van der Waals surface area (Å²) in [6.45, 7) is 4.78. The second-order valence-corrected chi connectivity index (χ2v) is 10.1. The number of hydrogen-bond donors (Lipinski definition) is 3. The first-order valence-electron chi connectivity index (χ1n) is 11.9. The molecule has 0 atom stereocenters. The molecule has 0 bridgehead atoms. The summed E-state index contributed by atoms with van der Waals surface area (Å²) in [7, 11) is -1.97. The van der Waals surface area contributed by atoms with Crippen LogP contribution in [0.15, 0.2) is 48.7 Å². The number of esters is 1. The van der Waals surface area contributed by atoms with Crippen LogP contribution in [-0.2, 0) is 19.5 Å². The van der Waals surface area contributed by atoms with Gasteiger partial charge >= 0.3 is 5.97 Å². The molecule has 4 rings (SSSR count). The standard InChI is InChI=1S/C25H30N6O6S/c1-4-37-24(32)18-16-26-25(29-23(18)27-19-7-5-6-8-20(19)30-38(3,33)34)28-21-10-9-17(15-22(21)35-2)31-11-13-36-14-12-31/h5-10,15-16,30H,4,11-14H2,1-3H3,(H2,26,27,28,29). The number of morpholine rings is 1. The number of para-hydroxylation sites is 2. The molecule has 0 amide bonds. The molecule has 1 fully saturated rings. The predicted molar refractivity (Wildman–Crippen MR) is 145 cm³/mol. The van der Waals surface area contributed by atoms with Crippen LogP contribution in [0.2, 0.25) is 0 Å². The van der Waals surface area contributed by atoms with E-state index < -0.39 is 16.0 Å². The average Bonchev–Trinajstić information content (AvgIpc) is 2.90. The molecule has 0 unspecified atom stereocenters. The van der Waals surface area contributed by atoms with Gasteiger partial charge < -0.3 is 29.7 Å². The zero-order valence-corrected chi connectivity index (χ0v) is 22.2. The largest absolute Gasteiger partial charge is 0.494 e. The molecule has 3 aromatic rings. The second kappa shape index (κ2) is 12.0. The number of benzene rings is 2. The van der Waals surface area contributed by atoms with Crippen molar-refractivity contribution in [2.75, 3.05) is 66.5 Å². The van der Waals surface area contributed by atoms with E-state index in [1.54, 1.807) is 38.3 Å². The van der Waals surface area contributed by atoms with Crippen molar-refractivity contribution in [3.8, 4) is 5.75 Å². The van der Waals surface area contributed by atoms with Crippen molar-refractivity contribution >= 4 is 50.5 Å². The Bertz CT molecular complexity index is 1390. The van der Waals surface area contributed by atoms with Gasteiger partial charge in [0.2, 0.25) is 16.0 Å². The van der Waals surface area contributed by atoms with Gasteiger partial charge in [-0.25, -0.2) is 18.2 Å². The van der Waals surface area contributed by atoms with Crippen molar-refractivity contribution in [2.45, 2.75) is 6.92 Å². The quantitative estimate of drug-likeness (QED) is 0.324. The van der Waals surface area contributed by atoms with Gasteiger partial charge in [-0.15, -0.1) is 0 Å². The van der Waals surface area contributed by atoms with E-state index in [9.17, 15) is 13.2 Å². The number of aromatic nitrogens is 2. The smallest absolute Gasteiger partial charge is 0.343 e. The number of methoxy groups -OCH3 is 1. The van der Waals surface area contributed by atoms with Gasteiger partial charge in [0.15, 0.2) is 5.82 Å². The number of anilines is 6. The fourth-order valence-corrected chi connectivity index (χ4v) is 4.40. The fraction of sp³-hybridized carbons (Fsp3) is 0.320. The Morgan fingerprint density at radius 3 is 2.50 bits per heavy atom. The first kappa shape index (κ1) is 26.9. The van der Waals surface area contributed by atoms with Crippen LogP contribution in [0.3, 0.4) is 0 Å². The molecular formula is C25H30N6O6S. The molecule has 3 N–H and O–H groups in total. The maximum Gasteiger partial charge on any atom is 0.343 e. The van der Waals surface area contributed by atoms with Gasteiger partial charge in [0.1, 0.15) is 11.3 Å². The molecule has 0 aliphatic carbocycles. The third-order valence-corrected chi connectivity index (χ3v) is 6.16. The van der Waals surface area contributed by atoms with E-state index in [1.165, 1.54) is 6.20 Å². The number of carbonyl (C=O) groups excluding carboxylic acids is 1. The summed E-state index contributed by atoms with van der Waals surface area (Å²) in [5.74, 6) is 0.283. The average molecular weight is 543 g/mol. The minimum atomic E-state index is -3.55. The lowest BCUT2D eigenvalue weighted by atomic mass is 10.2. The van der Waals surface area contributed by atoms with Crippen molar-refractivity contribution in [1.29, 1.82) is 0 Å². The molecule has 0 radical (unpaired) electrons. The Kier molecular flexibility index (Phi) is 8.48. The van der Waals surface area contributed by atoms with Gasteiger partial charge in [-0.2, -0.15) is 4.98 Å². The Balaban J connectivity index is 1.65. The van der Waals surface area contributed by atoms with Gasteiger partial charge in [-0.1, -0.05) is 12.1 Å². The Morgan fingerprint density at radius 1 is 1.08 bits per heavy atom. The van der Waals surface area contributed by atoms with E-state index in [2.05, 4.69) is 30.2 Å². The zero-order valence-electron chi connectivity index (χ0n) is 21.4. The molecule has 2 aromatic carbocycles. The van der Waals surface area contributed by atoms with Crippen LogP contribution in [0.5, 0.6) is 5.75 Å². The Hall–Kier alpha value is -4.10. The summed E-state index contributed by atoms with van der Waals surface area (Å²) in [4.78, 5) is 23.6. The molecule has 1 saturated heterocycles. The number of ether oxygens (including phenoxy) is 3.